The van der Waals surface area contributed by atoms with Gasteiger partial charge in [-0.25, -0.2) is 4.79 Å². The van der Waals surface area contributed by atoms with Gasteiger partial charge in [0.25, 0.3) is 0 Å². The monoisotopic (exact) mass is 332 g/mol. The van der Waals surface area contributed by atoms with Gasteiger partial charge in [-0.15, -0.1) is 0 Å². The fourth-order valence-electron chi connectivity index (χ4n) is 2.57. The number of anilines is 1. The highest BCUT2D eigenvalue weighted by Crippen LogP contribution is 2.25. The van der Waals surface area contributed by atoms with Gasteiger partial charge in [-0.2, -0.15) is 16.7 Å². The van der Waals surface area contributed by atoms with Gasteiger partial charge in [-0.1, -0.05) is 24.2 Å². The summed E-state index contributed by atoms with van der Waals surface area (Å²) < 4.78 is 5.00. The van der Waals surface area contributed by atoms with Crippen LogP contribution >= 0.6 is 11.8 Å². The van der Waals surface area contributed by atoms with E-state index < -0.39 is 0 Å². The van der Waals surface area contributed by atoms with Crippen molar-refractivity contribution in [3.05, 3.63) is 30.2 Å². The summed E-state index contributed by atoms with van der Waals surface area (Å²) in [5, 5.41) is 7.32. The lowest BCUT2D eigenvalue weighted by atomic mass is 10.2. The van der Waals surface area contributed by atoms with Crippen LogP contribution < -0.4 is 5.32 Å². The number of carbonyl (C=O) groups excluding carboxylic acids is 1. The smallest absolute Gasteiger partial charge is 0.322 e. The summed E-state index contributed by atoms with van der Waals surface area (Å²) in [7, 11) is 0. The maximum Gasteiger partial charge on any atom is 0.322 e. The first-order valence-electron chi connectivity index (χ1n) is 7.64. The van der Waals surface area contributed by atoms with Crippen LogP contribution in [0.1, 0.15) is 19.7 Å². The molecule has 122 valence electrons. The molecule has 2 amide bonds. The van der Waals surface area contributed by atoms with Crippen LogP contribution in [0.15, 0.2) is 28.8 Å². The lowest BCUT2D eigenvalue weighted by Gasteiger charge is -2.37. The average Bonchev–Trinajstić information content (AvgIpc) is 2.97. The van der Waals surface area contributed by atoms with Crippen molar-refractivity contribution >= 4 is 23.5 Å². The van der Waals surface area contributed by atoms with E-state index in [1.54, 1.807) is 6.92 Å². The molecule has 0 bridgehead atoms. The number of nitrogens with one attached hydrogen (secondary N) is 1. The van der Waals surface area contributed by atoms with E-state index >= 15 is 0 Å². The Hall–Kier alpha value is -2.02. The van der Waals surface area contributed by atoms with E-state index in [9.17, 15) is 4.79 Å². The molecule has 0 spiro atoms. The molecule has 6 nitrogen and oxygen atoms in total. The van der Waals surface area contributed by atoms with E-state index in [0.29, 0.717) is 17.0 Å². The Labute approximate surface area is 139 Å². The van der Waals surface area contributed by atoms with Crippen LogP contribution in [0.2, 0.25) is 0 Å². The van der Waals surface area contributed by atoms with E-state index in [4.69, 9.17) is 4.52 Å². The molecule has 2 aromatic rings. The lowest BCUT2D eigenvalue weighted by molar-refractivity contribution is 0.194. The Morgan fingerprint density at radius 3 is 3.00 bits per heavy atom. The molecule has 23 heavy (non-hydrogen) atoms. The van der Waals surface area contributed by atoms with Crippen molar-refractivity contribution in [3.8, 4) is 11.4 Å². The fraction of sp³-hybridized carbons (Fsp3) is 0.438. The molecule has 0 unspecified atom stereocenters. The van der Waals surface area contributed by atoms with Crippen molar-refractivity contribution < 1.29 is 9.32 Å². The number of carbonyl (C=O) groups is 1. The maximum absolute atomic E-state index is 12.5. The summed E-state index contributed by atoms with van der Waals surface area (Å²) in [5.41, 5.74) is 1.54. The highest BCUT2D eigenvalue weighted by molar-refractivity contribution is 8.00. The van der Waals surface area contributed by atoms with Crippen LogP contribution in [-0.4, -0.2) is 44.7 Å². The van der Waals surface area contributed by atoms with Gasteiger partial charge in [-0.3, -0.25) is 0 Å². The van der Waals surface area contributed by atoms with Crippen molar-refractivity contribution in [3.63, 3.8) is 0 Å². The summed E-state index contributed by atoms with van der Waals surface area (Å²) in [6.45, 7) is 6.77. The van der Waals surface area contributed by atoms with Gasteiger partial charge in [-0.05, 0) is 19.1 Å². The fourth-order valence-corrected chi connectivity index (χ4v) is 3.67. The van der Waals surface area contributed by atoms with E-state index in [1.807, 2.05) is 40.9 Å². The average molecular weight is 332 g/mol. The molecular formula is C16H20N4O2S. The molecule has 1 saturated heterocycles. The first-order valence-corrected chi connectivity index (χ1v) is 8.69. The normalized spacial score (nSPS) is 21.3. The van der Waals surface area contributed by atoms with Crippen molar-refractivity contribution in [2.24, 2.45) is 0 Å². The largest absolute Gasteiger partial charge is 0.339 e. The number of aromatic nitrogens is 2. The number of benzene rings is 1. The molecule has 2 atom stereocenters. The van der Waals surface area contributed by atoms with Gasteiger partial charge in [0.15, 0.2) is 0 Å². The minimum atomic E-state index is -0.0638. The third kappa shape index (κ3) is 3.50. The second-order valence-electron chi connectivity index (χ2n) is 5.66. The minimum Gasteiger partial charge on any atom is -0.339 e. The summed E-state index contributed by atoms with van der Waals surface area (Å²) in [6.07, 6.45) is 0. The number of hydrogen-bond donors (Lipinski definition) is 1. The molecule has 0 radical (unpaired) electrons. The van der Waals surface area contributed by atoms with Crippen molar-refractivity contribution in [1.29, 1.82) is 0 Å². The number of hydrogen-bond acceptors (Lipinski definition) is 5. The highest BCUT2D eigenvalue weighted by atomic mass is 32.2. The topological polar surface area (TPSA) is 71.3 Å². The van der Waals surface area contributed by atoms with Crippen LogP contribution in [0.4, 0.5) is 10.5 Å². The van der Waals surface area contributed by atoms with Crippen LogP contribution in [0.25, 0.3) is 11.4 Å². The van der Waals surface area contributed by atoms with Gasteiger partial charge in [0.1, 0.15) is 0 Å². The SMILES string of the molecule is Cc1nc(-c2cccc(NC(=O)N3CCS[C@H](C)[C@@H]3C)c2)no1. The molecule has 0 aliphatic carbocycles. The first-order chi connectivity index (χ1) is 11.0. The Morgan fingerprint density at radius 2 is 2.26 bits per heavy atom. The Balaban J connectivity index is 1.74. The van der Waals surface area contributed by atoms with E-state index in [-0.39, 0.29) is 12.1 Å². The number of amides is 2. The molecular weight excluding hydrogens is 312 g/mol. The molecule has 7 heteroatoms. The predicted molar refractivity (Wildman–Crippen MR) is 91.6 cm³/mol. The summed E-state index contributed by atoms with van der Waals surface area (Å²) >= 11 is 1.91. The number of aryl methyl sites for hydroxylation is 1. The molecule has 1 aliphatic heterocycles. The Kier molecular flexibility index (Phi) is 4.56. The van der Waals surface area contributed by atoms with Crippen LogP contribution in [0.5, 0.6) is 0 Å². The number of nitrogens with zero attached hydrogens (tertiary/aromatic N) is 3. The van der Waals surface area contributed by atoms with E-state index in [1.165, 1.54) is 0 Å². The van der Waals surface area contributed by atoms with Gasteiger partial charge < -0.3 is 14.7 Å². The molecule has 1 aliphatic rings. The molecule has 1 N–H and O–H groups in total. The Bertz CT molecular complexity index is 703. The first kappa shape index (κ1) is 15.9. The minimum absolute atomic E-state index is 0.0638. The van der Waals surface area contributed by atoms with Crippen LogP contribution in [0.3, 0.4) is 0 Å². The standard InChI is InChI=1S/C16H20N4O2S/c1-10-11(2)23-8-7-20(10)16(21)18-14-6-4-5-13(9-14)15-17-12(3)22-19-15/h4-6,9-11H,7-8H2,1-3H3,(H,18,21)/t10-,11+/m0/s1. The predicted octanol–water partition coefficient (Wildman–Crippen LogP) is 3.40. The molecule has 2 heterocycles. The second kappa shape index (κ2) is 6.62. The number of thioether (sulfide) groups is 1. The second-order valence-corrected chi connectivity index (χ2v) is 7.14. The summed E-state index contributed by atoms with van der Waals surface area (Å²) in [5.74, 6) is 2.01. The maximum atomic E-state index is 12.5. The van der Waals surface area contributed by atoms with Crippen molar-refractivity contribution in [2.45, 2.75) is 32.1 Å². The van der Waals surface area contributed by atoms with Crippen LogP contribution in [0, 0.1) is 6.92 Å². The number of urea groups is 1. The zero-order valence-electron chi connectivity index (χ0n) is 13.4. The van der Waals surface area contributed by atoms with E-state index in [2.05, 4.69) is 29.3 Å². The lowest BCUT2D eigenvalue weighted by Crippen LogP contribution is -2.49. The van der Waals surface area contributed by atoms with Gasteiger partial charge in [0.05, 0.1) is 0 Å². The van der Waals surface area contributed by atoms with Gasteiger partial charge >= 0.3 is 6.03 Å². The quantitative estimate of drug-likeness (QED) is 0.912. The summed E-state index contributed by atoms with van der Waals surface area (Å²) in [4.78, 5) is 18.6. The third-order valence-corrected chi connectivity index (χ3v) is 5.38. The molecule has 0 saturated carbocycles. The van der Waals surface area contributed by atoms with Gasteiger partial charge in [0, 0.05) is 41.8 Å². The molecule has 1 fully saturated rings. The van der Waals surface area contributed by atoms with Crippen molar-refractivity contribution in [2.75, 3.05) is 17.6 Å². The zero-order chi connectivity index (χ0) is 16.4. The summed E-state index contributed by atoms with van der Waals surface area (Å²) in [6, 6.07) is 7.63. The number of rotatable bonds is 2. The van der Waals surface area contributed by atoms with E-state index in [0.717, 1.165) is 23.5 Å². The van der Waals surface area contributed by atoms with Crippen molar-refractivity contribution in [1.82, 2.24) is 15.0 Å². The molecule has 1 aromatic heterocycles. The zero-order valence-corrected chi connectivity index (χ0v) is 14.3. The highest BCUT2D eigenvalue weighted by Gasteiger charge is 2.28. The van der Waals surface area contributed by atoms with Gasteiger partial charge in [0.2, 0.25) is 11.7 Å². The Morgan fingerprint density at radius 1 is 1.43 bits per heavy atom. The third-order valence-electron chi connectivity index (χ3n) is 4.04. The van der Waals surface area contributed by atoms with Crippen LogP contribution in [-0.2, 0) is 0 Å². The molecule has 1 aromatic carbocycles. The molecule has 3 rings (SSSR count).